The first-order valence-corrected chi connectivity index (χ1v) is 17.3. The second kappa shape index (κ2) is 17.1. The third-order valence-corrected chi connectivity index (χ3v) is 9.74. The summed E-state index contributed by atoms with van der Waals surface area (Å²) in [5.74, 6) is -3.19. The van der Waals surface area contributed by atoms with Crippen molar-refractivity contribution in [2.24, 2.45) is 10.9 Å². The third-order valence-electron chi connectivity index (χ3n) is 8.51. The Morgan fingerprint density at radius 1 is 0.917 bits per heavy atom. The lowest BCUT2D eigenvalue weighted by Gasteiger charge is -2.34. The molecule has 14 heteroatoms. The van der Waals surface area contributed by atoms with E-state index in [1.54, 1.807) is 58.0 Å². The Bertz CT molecular complexity index is 1370. The van der Waals surface area contributed by atoms with E-state index in [-0.39, 0.29) is 12.3 Å². The lowest BCUT2D eigenvalue weighted by molar-refractivity contribution is -0.140. The molecule has 1 aromatic carbocycles. The zero-order chi connectivity index (χ0) is 35.8. The van der Waals surface area contributed by atoms with Crippen LogP contribution in [0.3, 0.4) is 0 Å². The third kappa shape index (κ3) is 10.4. The average Bonchev–Trinajstić information content (AvgIpc) is 3.54. The largest absolute Gasteiger partial charge is 0.391 e. The molecule has 2 heterocycles. The van der Waals surface area contributed by atoms with Gasteiger partial charge in [-0.05, 0) is 46.1 Å². The number of carbonyl (C=O) groups is 5. The summed E-state index contributed by atoms with van der Waals surface area (Å²) in [6.07, 6.45) is -0.0647. The van der Waals surface area contributed by atoms with Crippen LogP contribution in [0.2, 0.25) is 0 Å². The van der Waals surface area contributed by atoms with Gasteiger partial charge in [-0.2, -0.15) is 0 Å². The Kier molecular flexibility index (Phi) is 13.8. The van der Waals surface area contributed by atoms with E-state index in [0.29, 0.717) is 17.2 Å². The lowest BCUT2D eigenvalue weighted by Crippen LogP contribution is -2.63. The number of nitrogens with one attached hydrogen (secondary N) is 5. The van der Waals surface area contributed by atoms with Crippen LogP contribution in [-0.2, 0) is 35.1 Å². The Morgan fingerprint density at radius 2 is 1.50 bits per heavy atom. The molecule has 0 spiro atoms. The average molecular weight is 687 g/mol. The molecule has 9 atom stereocenters. The minimum Gasteiger partial charge on any atom is -0.391 e. The number of hydrogen-bond acceptors (Lipinski definition) is 9. The van der Waals surface area contributed by atoms with Crippen LogP contribution in [0.15, 0.2) is 48.0 Å². The lowest BCUT2D eigenvalue weighted by atomic mass is 9.97. The van der Waals surface area contributed by atoms with Crippen LogP contribution in [0.25, 0.3) is 0 Å². The quantitative estimate of drug-likeness (QED) is 0.208. The molecule has 48 heavy (non-hydrogen) atoms. The highest BCUT2D eigenvalue weighted by atomic mass is 32.2. The molecule has 2 aliphatic heterocycles. The molecular formula is C34H50N6O7S. The van der Waals surface area contributed by atoms with E-state index in [0.717, 1.165) is 5.56 Å². The second-order valence-corrected chi connectivity index (χ2v) is 14.0. The number of benzene rings is 1. The number of amides is 5. The highest BCUT2D eigenvalue weighted by Gasteiger charge is 2.39. The number of ether oxygens (including phenoxy) is 1. The van der Waals surface area contributed by atoms with Gasteiger partial charge in [-0.3, -0.25) is 29.0 Å². The maximum atomic E-state index is 14.1. The zero-order valence-corrected chi connectivity index (χ0v) is 29.6. The van der Waals surface area contributed by atoms with Gasteiger partial charge in [-0.25, -0.2) is 0 Å². The van der Waals surface area contributed by atoms with Crippen LogP contribution in [0.4, 0.5) is 0 Å². The van der Waals surface area contributed by atoms with Crippen molar-refractivity contribution < 1.29 is 33.8 Å². The van der Waals surface area contributed by atoms with Crippen LogP contribution >= 0.6 is 11.8 Å². The molecule has 0 aromatic heterocycles. The minimum atomic E-state index is -1.37. The number of aliphatic hydroxyl groups is 1. The maximum Gasteiger partial charge on any atom is 0.246 e. The molecular weight excluding hydrogens is 636 g/mol. The summed E-state index contributed by atoms with van der Waals surface area (Å²) in [5, 5.41) is 24.8. The van der Waals surface area contributed by atoms with Gasteiger partial charge in [0.05, 0.1) is 28.9 Å². The molecule has 264 valence electrons. The van der Waals surface area contributed by atoms with Crippen molar-refractivity contribution >= 4 is 46.3 Å². The molecule has 5 amide bonds. The topological polar surface area (TPSA) is 187 Å². The normalized spacial score (nSPS) is 28.2. The number of aliphatic hydroxyl groups excluding tert-OH is 1. The number of carbonyl (C=O) groups excluding carboxylic acids is 5. The van der Waals surface area contributed by atoms with Gasteiger partial charge >= 0.3 is 0 Å². The molecule has 2 aliphatic rings. The number of fused-ring (bicyclic) bond motifs is 1. The van der Waals surface area contributed by atoms with Crippen molar-refractivity contribution in [2.75, 3.05) is 5.75 Å². The van der Waals surface area contributed by atoms with Crippen LogP contribution in [0.5, 0.6) is 0 Å². The van der Waals surface area contributed by atoms with Gasteiger partial charge in [0.2, 0.25) is 29.5 Å². The molecule has 13 nitrogen and oxygen atoms in total. The first-order valence-electron chi connectivity index (χ1n) is 16.3. The van der Waals surface area contributed by atoms with Gasteiger partial charge in [0, 0.05) is 12.2 Å². The van der Waals surface area contributed by atoms with Gasteiger partial charge in [-0.1, -0.05) is 56.7 Å². The fourth-order valence-corrected chi connectivity index (χ4v) is 6.36. The highest BCUT2D eigenvalue weighted by Crippen LogP contribution is 2.22. The SMILES string of the molecule is C=CC(C)(C)OC(C)[C@@H]1NC(=O)[C@H](C(C)CC)NC(=O)[C@@H]2CSC(=N2)[C@H](C)NC(=O)[C@H](C(C)O)NC(=O)[C@H](Cc2ccccc2)NC1=O. The number of rotatable bonds is 9. The molecule has 3 rings (SSSR count). The fraction of sp³-hybridized carbons (Fsp3) is 0.588. The van der Waals surface area contributed by atoms with E-state index >= 15 is 0 Å². The van der Waals surface area contributed by atoms with Crippen molar-refractivity contribution in [2.45, 2.75) is 115 Å². The van der Waals surface area contributed by atoms with E-state index in [9.17, 15) is 29.1 Å². The Labute approximate surface area is 286 Å². The standard InChI is InChI=1S/C34H50N6O7S/c1-9-18(3)25-30(44)40-27(21(6)47-34(7,8)10-2)32(46)36-23(16-22-14-12-11-13-15-22)28(42)39-26(20(5)41)31(45)35-19(4)33-37-24(17-48-33)29(43)38-25/h10-15,18-21,23-27,41H,2,9,16-17H2,1,3-8H3,(H,35,45)(H,36,46)(H,38,43)(H,39,42)(H,40,44)/t18?,19-,20?,21?,23-,24-,25-,26-,27-/m0/s1. The molecule has 0 radical (unpaired) electrons. The van der Waals surface area contributed by atoms with Crippen molar-refractivity contribution in [3.63, 3.8) is 0 Å². The summed E-state index contributed by atoms with van der Waals surface area (Å²) in [5.41, 5.74) is -0.165. The number of thioether (sulfide) groups is 1. The molecule has 3 unspecified atom stereocenters. The predicted molar refractivity (Wildman–Crippen MR) is 185 cm³/mol. The Morgan fingerprint density at radius 3 is 2.10 bits per heavy atom. The molecule has 1 aromatic rings. The monoisotopic (exact) mass is 686 g/mol. The molecule has 2 bridgehead atoms. The summed E-state index contributed by atoms with van der Waals surface area (Å²) in [7, 11) is 0. The molecule has 0 fully saturated rings. The number of nitrogens with zero attached hydrogens (tertiary/aromatic N) is 1. The van der Waals surface area contributed by atoms with Crippen molar-refractivity contribution in [1.29, 1.82) is 0 Å². The van der Waals surface area contributed by atoms with Gasteiger partial charge in [0.1, 0.15) is 30.2 Å². The van der Waals surface area contributed by atoms with E-state index in [2.05, 4.69) is 38.2 Å². The predicted octanol–water partition coefficient (Wildman–Crippen LogP) is 0.997. The fourth-order valence-electron chi connectivity index (χ4n) is 5.29. The summed E-state index contributed by atoms with van der Waals surface area (Å²) in [6, 6.07) is 2.61. The number of hydrogen-bond donors (Lipinski definition) is 6. The van der Waals surface area contributed by atoms with Crippen LogP contribution < -0.4 is 26.6 Å². The van der Waals surface area contributed by atoms with E-state index < -0.39 is 83.6 Å². The maximum absolute atomic E-state index is 14.1. The molecule has 0 saturated heterocycles. The van der Waals surface area contributed by atoms with Gasteiger partial charge in [0.15, 0.2) is 0 Å². The smallest absolute Gasteiger partial charge is 0.246 e. The minimum absolute atomic E-state index is 0.0391. The second-order valence-electron chi connectivity index (χ2n) is 13.0. The Balaban J connectivity index is 2.10. The van der Waals surface area contributed by atoms with E-state index in [1.807, 2.05) is 19.9 Å². The van der Waals surface area contributed by atoms with Gasteiger partial charge < -0.3 is 36.4 Å². The summed E-state index contributed by atoms with van der Waals surface area (Å²) in [4.78, 5) is 73.2. The van der Waals surface area contributed by atoms with Crippen LogP contribution in [-0.4, -0.2) is 99.5 Å². The van der Waals surface area contributed by atoms with Crippen molar-refractivity contribution in [3.05, 3.63) is 48.6 Å². The first kappa shape index (κ1) is 38.7. The van der Waals surface area contributed by atoms with E-state index in [1.165, 1.54) is 18.7 Å². The first-order chi connectivity index (χ1) is 22.6. The van der Waals surface area contributed by atoms with Gasteiger partial charge in [0.25, 0.3) is 0 Å². The van der Waals surface area contributed by atoms with Crippen molar-refractivity contribution in [1.82, 2.24) is 26.6 Å². The van der Waals surface area contributed by atoms with E-state index in [4.69, 9.17) is 4.74 Å². The van der Waals surface area contributed by atoms with Crippen LogP contribution in [0, 0.1) is 5.92 Å². The Hall–Kier alpha value is -3.75. The van der Waals surface area contributed by atoms with Crippen molar-refractivity contribution in [3.8, 4) is 0 Å². The number of aliphatic imine (C=N–C) groups is 1. The highest BCUT2D eigenvalue weighted by molar-refractivity contribution is 8.14. The molecule has 0 aliphatic carbocycles. The summed E-state index contributed by atoms with van der Waals surface area (Å²) < 4.78 is 6.13. The van der Waals surface area contributed by atoms with Gasteiger partial charge in [-0.15, -0.1) is 18.3 Å². The summed E-state index contributed by atoms with van der Waals surface area (Å²) in [6.45, 7) is 15.7. The summed E-state index contributed by atoms with van der Waals surface area (Å²) >= 11 is 1.30. The molecule has 0 saturated carbocycles. The zero-order valence-electron chi connectivity index (χ0n) is 28.7. The van der Waals surface area contributed by atoms with Crippen LogP contribution in [0.1, 0.15) is 60.5 Å². The molecule has 6 N–H and O–H groups in total.